The summed E-state index contributed by atoms with van der Waals surface area (Å²) in [5.74, 6) is 1.95. The van der Waals surface area contributed by atoms with Crippen LogP contribution in [0.3, 0.4) is 0 Å². The van der Waals surface area contributed by atoms with Crippen molar-refractivity contribution in [3.05, 3.63) is 35.4 Å². The Morgan fingerprint density at radius 1 is 0.824 bits per heavy atom. The van der Waals surface area contributed by atoms with Crippen molar-refractivity contribution in [1.29, 1.82) is 0 Å². The van der Waals surface area contributed by atoms with Crippen LogP contribution in [0.15, 0.2) is 24.3 Å². The second-order valence-corrected chi connectivity index (χ2v) is 8.58. The number of epoxide rings is 3. The van der Waals surface area contributed by atoms with Crippen LogP contribution in [-0.2, 0) is 32.2 Å². The average molecular weight is 493 g/mol. The molecule has 0 bridgehead atoms. The molecule has 9 nitrogen and oxygen atoms in total. The smallest absolute Gasteiger partial charge is 0.179 e. The summed E-state index contributed by atoms with van der Waals surface area (Å²) in [5.41, 5.74) is 2.92. The summed E-state index contributed by atoms with van der Waals surface area (Å²) in [5, 5.41) is 9.89. The third-order valence-electron chi connectivity index (χ3n) is 5.63. The zero-order valence-corrected chi connectivity index (χ0v) is 19.8. The molecule has 0 spiro atoms. The minimum Gasteiger partial charge on any atom is -0.493 e. The van der Waals surface area contributed by atoms with E-state index in [2.05, 4.69) is 12.9 Å². The number of hydrogen-bond acceptors (Lipinski definition) is 10. The summed E-state index contributed by atoms with van der Waals surface area (Å²) in [6.07, 6.45) is 0.269. The van der Waals surface area contributed by atoms with Crippen LogP contribution in [0.25, 0.3) is 11.1 Å². The Morgan fingerprint density at radius 2 is 1.35 bits per heavy atom. The number of thiol groups is 1. The first-order chi connectivity index (χ1) is 16.7. The second-order valence-electron chi connectivity index (χ2n) is 8.40. The third kappa shape index (κ3) is 5.88. The molecule has 3 unspecified atom stereocenters. The number of hydrogen-bond donors (Lipinski definition) is 2. The fraction of sp³-hybridized carbons (Fsp3) is 0.500. The summed E-state index contributed by atoms with van der Waals surface area (Å²) in [4.78, 5) is 0. The van der Waals surface area contributed by atoms with E-state index in [1.807, 2.05) is 18.2 Å². The molecule has 3 fully saturated rings. The number of aliphatic hydroxyl groups is 1. The SMILES string of the molecule is COc1cc(COCC2CO2)cc(-c2cc(CO)cc(OS)c2OCC2CO2)c1OCC1CO1. The lowest BCUT2D eigenvalue weighted by Crippen LogP contribution is -2.09. The van der Waals surface area contributed by atoms with Crippen molar-refractivity contribution in [2.24, 2.45) is 0 Å². The molecule has 3 heterocycles. The molecule has 0 aliphatic carbocycles. The van der Waals surface area contributed by atoms with Gasteiger partial charge >= 0.3 is 0 Å². The van der Waals surface area contributed by atoms with E-state index in [0.29, 0.717) is 73.8 Å². The van der Waals surface area contributed by atoms with Gasteiger partial charge in [0.05, 0.1) is 46.8 Å². The van der Waals surface area contributed by atoms with Crippen molar-refractivity contribution >= 4 is 12.9 Å². The first kappa shape index (κ1) is 23.5. The van der Waals surface area contributed by atoms with E-state index in [1.54, 1.807) is 13.2 Å². The van der Waals surface area contributed by atoms with E-state index in [1.165, 1.54) is 0 Å². The molecule has 0 aromatic heterocycles. The maximum atomic E-state index is 9.89. The van der Waals surface area contributed by atoms with Gasteiger partial charge in [0.1, 0.15) is 31.5 Å². The zero-order valence-electron chi connectivity index (χ0n) is 18.9. The molecule has 1 N–H and O–H groups in total. The van der Waals surface area contributed by atoms with E-state index in [9.17, 15) is 5.11 Å². The van der Waals surface area contributed by atoms with Crippen LogP contribution >= 0.6 is 12.9 Å². The number of rotatable bonds is 14. The van der Waals surface area contributed by atoms with E-state index < -0.39 is 0 Å². The number of benzene rings is 2. The van der Waals surface area contributed by atoms with Crippen LogP contribution in [0, 0.1) is 0 Å². The summed E-state index contributed by atoms with van der Waals surface area (Å²) in [6, 6.07) is 7.40. The maximum absolute atomic E-state index is 9.89. The van der Waals surface area contributed by atoms with Crippen LogP contribution in [0.1, 0.15) is 11.1 Å². The molecule has 0 radical (unpaired) electrons. The van der Waals surface area contributed by atoms with Crippen LogP contribution < -0.4 is 18.4 Å². The summed E-state index contributed by atoms with van der Waals surface area (Å²) >= 11 is 4.02. The fourth-order valence-electron chi connectivity index (χ4n) is 3.56. The van der Waals surface area contributed by atoms with Crippen molar-refractivity contribution in [2.45, 2.75) is 31.5 Å². The number of methoxy groups -OCH3 is 1. The fourth-order valence-corrected chi connectivity index (χ4v) is 3.70. The maximum Gasteiger partial charge on any atom is 0.179 e. The molecular weight excluding hydrogens is 464 g/mol. The molecule has 0 amide bonds. The van der Waals surface area contributed by atoms with Crippen LogP contribution in [0.2, 0.25) is 0 Å². The van der Waals surface area contributed by atoms with Gasteiger partial charge in [-0.25, -0.2) is 0 Å². The molecule has 3 saturated heterocycles. The van der Waals surface area contributed by atoms with Gasteiger partial charge in [-0.3, -0.25) is 0 Å². The Balaban J connectivity index is 1.56. The highest BCUT2D eigenvalue weighted by atomic mass is 32.1. The minimum atomic E-state index is -0.184. The molecule has 3 aliphatic rings. The Hall–Kier alpha value is -2.21. The van der Waals surface area contributed by atoms with Crippen molar-refractivity contribution in [3.63, 3.8) is 0 Å². The van der Waals surface area contributed by atoms with Gasteiger partial charge in [-0.2, -0.15) is 0 Å². The lowest BCUT2D eigenvalue weighted by atomic mass is 9.97. The van der Waals surface area contributed by atoms with E-state index in [0.717, 1.165) is 17.7 Å². The van der Waals surface area contributed by atoms with Crippen LogP contribution in [0.4, 0.5) is 0 Å². The molecule has 3 atom stereocenters. The highest BCUT2D eigenvalue weighted by molar-refractivity contribution is 7.75. The molecule has 2 aromatic carbocycles. The third-order valence-corrected chi connectivity index (χ3v) is 5.82. The Kier molecular flexibility index (Phi) is 7.33. The zero-order chi connectivity index (χ0) is 23.5. The largest absolute Gasteiger partial charge is 0.493 e. The molecular formula is C24H28O9S. The Labute approximate surface area is 203 Å². The predicted octanol–water partition coefficient (Wildman–Crippen LogP) is 2.55. The molecule has 0 saturated carbocycles. The van der Waals surface area contributed by atoms with Gasteiger partial charge in [0.25, 0.3) is 0 Å². The monoisotopic (exact) mass is 492 g/mol. The van der Waals surface area contributed by atoms with E-state index >= 15 is 0 Å². The average Bonchev–Trinajstić information content (AvgIpc) is 3.70. The highest BCUT2D eigenvalue weighted by Crippen LogP contribution is 2.47. The van der Waals surface area contributed by atoms with Gasteiger partial charge in [-0.15, -0.1) is 0 Å². The number of aliphatic hydroxyl groups excluding tert-OH is 1. The minimum absolute atomic E-state index is 0.0415. The first-order valence-electron chi connectivity index (χ1n) is 11.2. The molecule has 2 aromatic rings. The van der Waals surface area contributed by atoms with Gasteiger partial charge in [-0.05, 0) is 35.4 Å². The molecule has 184 valence electrons. The normalized spacial score (nSPS) is 22.3. The first-order valence-corrected chi connectivity index (χ1v) is 11.5. The van der Waals surface area contributed by atoms with Gasteiger partial charge < -0.3 is 42.4 Å². The molecule has 5 rings (SSSR count). The van der Waals surface area contributed by atoms with E-state index in [4.69, 9.17) is 37.3 Å². The topological polar surface area (TPSA) is 104 Å². The van der Waals surface area contributed by atoms with Gasteiger partial charge in [-0.1, -0.05) is 0 Å². The standard InChI is InChI=1S/C24H28O9S/c1-26-21-5-15(7-27-8-16-9-28-16)3-20(23(21)31-12-17-10-29-17)19-2-14(6-25)4-22(33-34)24(19)32-13-18-11-30-18/h2-5,16-18,25,34H,6-13H2,1H3. The summed E-state index contributed by atoms with van der Waals surface area (Å²) in [7, 11) is 1.59. The molecule has 34 heavy (non-hydrogen) atoms. The van der Waals surface area contributed by atoms with Crippen molar-refractivity contribution < 1.29 is 42.4 Å². The van der Waals surface area contributed by atoms with Crippen molar-refractivity contribution in [3.8, 4) is 34.1 Å². The number of ether oxygens (including phenoxy) is 7. The Morgan fingerprint density at radius 3 is 1.88 bits per heavy atom. The van der Waals surface area contributed by atoms with Gasteiger partial charge in [0, 0.05) is 24.0 Å². The second kappa shape index (κ2) is 10.6. The Bertz CT molecular complexity index is 1000. The van der Waals surface area contributed by atoms with Crippen LogP contribution in [0.5, 0.6) is 23.0 Å². The van der Waals surface area contributed by atoms with Crippen molar-refractivity contribution in [2.75, 3.05) is 46.8 Å². The lowest BCUT2D eigenvalue weighted by molar-refractivity contribution is 0.104. The van der Waals surface area contributed by atoms with E-state index in [-0.39, 0.29) is 24.9 Å². The summed E-state index contributed by atoms with van der Waals surface area (Å²) in [6.45, 7) is 3.53. The van der Waals surface area contributed by atoms with Gasteiger partial charge in [0.15, 0.2) is 23.0 Å². The highest BCUT2D eigenvalue weighted by Gasteiger charge is 2.29. The van der Waals surface area contributed by atoms with Crippen LogP contribution in [-0.4, -0.2) is 70.2 Å². The summed E-state index contributed by atoms with van der Waals surface area (Å²) < 4.78 is 45.0. The quantitative estimate of drug-likeness (QED) is 0.234. The molecule has 3 aliphatic heterocycles. The van der Waals surface area contributed by atoms with Gasteiger partial charge in [0.2, 0.25) is 0 Å². The lowest BCUT2D eigenvalue weighted by Gasteiger charge is -2.21. The van der Waals surface area contributed by atoms with Crippen molar-refractivity contribution in [1.82, 2.24) is 0 Å². The molecule has 10 heteroatoms. The predicted molar refractivity (Wildman–Crippen MR) is 124 cm³/mol.